The molecule has 0 aromatic carbocycles. The largest absolute Gasteiger partial charge is 0.370 e. The molecule has 4 rings (SSSR count). The second-order valence-corrected chi connectivity index (χ2v) is 6.64. The Morgan fingerprint density at radius 2 is 2.21 bits per heavy atom. The van der Waals surface area contributed by atoms with Gasteiger partial charge in [0.25, 0.3) is 0 Å². The topological polar surface area (TPSA) is 85.0 Å². The van der Waals surface area contributed by atoms with Crippen LogP contribution in [0.3, 0.4) is 0 Å². The number of pyridine rings is 1. The number of primary amides is 1. The summed E-state index contributed by atoms with van der Waals surface area (Å²) in [7, 11) is 0. The van der Waals surface area contributed by atoms with E-state index in [4.69, 9.17) is 15.7 Å². The van der Waals surface area contributed by atoms with E-state index in [0.29, 0.717) is 18.2 Å². The molecule has 1 atom stereocenters. The van der Waals surface area contributed by atoms with E-state index >= 15 is 0 Å². The first-order valence-corrected chi connectivity index (χ1v) is 8.55. The third kappa shape index (κ3) is 2.84. The van der Waals surface area contributed by atoms with Gasteiger partial charge in [-0.25, -0.2) is 9.97 Å². The third-order valence-electron chi connectivity index (χ3n) is 4.88. The number of carbonyl (C=O) groups is 1. The van der Waals surface area contributed by atoms with Crippen molar-refractivity contribution in [2.75, 3.05) is 18.0 Å². The maximum Gasteiger partial charge on any atom is 0.217 e. The molecule has 6 heteroatoms. The van der Waals surface area contributed by atoms with Crippen LogP contribution in [0.15, 0.2) is 24.4 Å². The number of aryl methyl sites for hydroxylation is 1. The van der Waals surface area contributed by atoms with Gasteiger partial charge in [0.15, 0.2) is 5.82 Å². The lowest BCUT2D eigenvalue weighted by Gasteiger charge is -2.21. The SMILES string of the molecule is NC(=O)C[C@H]1CCN(c2nc(-c3ccccn3)nc3c2CCC3)C1. The maximum absolute atomic E-state index is 11.2. The second-order valence-electron chi connectivity index (χ2n) is 6.64. The first-order chi connectivity index (χ1) is 11.7. The fourth-order valence-corrected chi connectivity index (χ4v) is 3.76. The van der Waals surface area contributed by atoms with Crippen molar-refractivity contribution in [3.05, 3.63) is 35.7 Å². The Morgan fingerprint density at radius 3 is 3.00 bits per heavy atom. The minimum absolute atomic E-state index is 0.219. The Hall–Kier alpha value is -2.50. The van der Waals surface area contributed by atoms with Crippen molar-refractivity contribution in [1.29, 1.82) is 0 Å². The molecule has 1 amide bonds. The van der Waals surface area contributed by atoms with Crippen LogP contribution in [-0.4, -0.2) is 33.9 Å². The molecule has 0 spiro atoms. The number of rotatable bonds is 4. The molecule has 6 nitrogen and oxygen atoms in total. The van der Waals surface area contributed by atoms with Crippen LogP contribution in [0.5, 0.6) is 0 Å². The molecular weight excluding hydrogens is 302 g/mol. The van der Waals surface area contributed by atoms with E-state index in [1.807, 2.05) is 18.2 Å². The van der Waals surface area contributed by atoms with E-state index in [-0.39, 0.29) is 5.91 Å². The van der Waals surface area contributed by atoms with Crippen LogP contribution < -0.4 is 10.6 Å². The normalized spacial score (nSPS) is 19.5. The molecular formula is C18H21N5O. The molecule has 2 aromatic heterocycles. The molecule has 1 fully saturated rings. The molecule has 0 saturated carbocycles. The smallest absolute Gasteiger partial charge is 0.217 e. The minimum atomic E-state index is -0.219. The number of nitrogens with zero attached hydrogens (tertiary/aromatic N) is 4. The highest BCUT2D eigenvalue weighted by Crippen LogP contribution is 2.34. The lowest BCUT2D eigenvalue weighted by atomic mass is 10.1. The fourth-order valence-electron chi connectivity index (χ4n) is 3.76. The van der Waals surface area contributed by atoms with Crippen molar-refractivity contribution < 1.29 is 4.79 Å². The molecule has 24 heavy (non-hydrogen) atoms. The van der Waals surface area contributed by atoms with Gasteiger partial charge in [-0.15, -0.1) is 0 Å². The van der Waals surface area contributed by atoms with Crippen molar-refractivity contribution in [2.24, 2.45) is 11.7 Å². The van der Waals surface area contributed by atoms with E-state index in [9.17, 15) is 4.79 Å². The van der Waals surface area contributed by atoms with E-state index < -0.39 is 0 Å². The van der Waals surface area contributed by atoms with Gasteiger partial charge in [0, 0.05) is 37.0 Å². The van der Waals surface area contributed by atoms with E-state index in [0.717, 1.165) is 56.0 Å². The third-order valence-corrected chi connectivity index (χ3v) is 4.88. The van der Waals surface area contributed by atoms with Crippen molar-refractivity contribution in [1.82, 2.24) is 15.0 Å². The van der Waals surface area contributed by atoms with Crippen molar-refractivity contribution >= 4 is 11.7 Å². The number of nitrogens with two attached hydrogens (primary N) is 1. The van der Waals surface area contributed by atoms with Crippen molar-refractivity contribution in [2.45, 2.75) is 32.1 Å². The van der Waals surface area contributed by atoms with E-state index in [2.05, 4.69) is 9.88 Å². The number of hydrogen-bond donors (Lipinski definition) is 1. The summed E-state index contributed by atoms with van der Waals surface area (Å²) in [5.41, 5.74) is 8.59. The van der Waals surface area contributed by atoms with Gasteiger partial charge in [-0.3, -0.25) is 9.78 Å². The standard InChI is InChI=1S/C18H21N5O/c19-16(24)10-12-7-9-23(11-12)18-13-4-3-6-14(13)21-17(22-18)15-5-1-2-8-20-15/h1-2,5,8,12H,3-4,6-7,9-11H2,(H2,19,24)/t12-/m1/s1. The minimum Gasteiger partial charge on any atom is -0.370 e. The van der Waals surface area contributed by atoms with Crippen LogP contribution >= 0.6 is 0 Å². The van der Waals surface area contributed by atoms with Gasteiger partial charge in [0.2, 0.25) is 5.91 Å². The van der Waals surface area contributed by atoms with Crippen LogP contribution in [0.2, 0.25) is 0 Å². The number of fused-ring (bicyclic) bond motifs is 1. The first-order valence-electron chi connectivity index (χ1n) is 8.55. The van der Waals surface area contributed by atoms with Crippen LogP contribution in [0.1, 0.15) is 30.5 Å². The summed E-state index contributed by atoms with van der Waals surface area (Å²) in [6.45, 7) is 1.76. The summed E-state index contributed by atoms with van der Waals surface area (Å²) in [4.78, 5) is 27.5. The predicted molar refractivity (Wildman–Crippen MR) is 91.4 cm³/mol. The van der Waals surface area contributed by atoms with E-state index in [1.54, 1.807) is 6.20 Å². The first kappa shape index (κ1) is 15.1. The average Bonchev–Trinajstić information content (AvgIpc) is 3.23. The van der Waals surface area contributed by atoms with Crippen LogP contribution in [0.4, 0.5) is 5.82 Å². The van der Waals surface area contributed by atoms with Crippen LogP contribution in [-0.2, 0) is 17.6 Å². The average molecular weight is 323 g/mol. The molecule has 2 aliphatic rings. The zero-order valence-corrected chi connectivity index (χ0v) is 13.6. The van der Waals surface area contributed by atoms with Gasteiger partial charge >= 0.3 is 0 Å². The number of anilines is 1. The van der Waals surface area contributed by atoms with E-state index in [1.165, 1.54) is 5.56 Å². The maximum atomic E-state index is 11.2. The van der Waals surface area contributed by atoms with Crippen LogP contribution in [0, 0.1) is 5.92 Å². The molecule has 0 bridgehead atoms. The van der Waals surface area contributed by atoms with Gasteiger partial charge in [-0.05, 0) is 43.7 Å². The van der Waals surface area contributed by atoms with Crippen molar-refractivity contribution in [3.63, 3.8) is 0 Å². The Balaban J connectivity index is 1.68. The molecule has 124 valence electrons. The number of carbonyl (C=O) groups excluding carboxylic acids is 1. The highest BCUT2D eigenvalue weighted by Gasteiger charge is 2.29. The summed E-state index contributed by atoms with van der Waals surface area (Å²) in [6, 6.07) is 5.80. The van der Waals surface area contributed by atoms with Gasteiger partial charge < -0.3 is 10.6 Å². The zero-order valence-electron chi connectivity index (χ0n) is 13.6. The fraction of sp³-hybridized carbons (Fsp3) is 0.444. The van der Waals surface area contributed by atoms with Gasteiger partial charge in [-0.2, -0.15) is 0 Å². The Kier molecular flexibility index (Phi) is 3.88. The molecule has 1 aliphatic carbocycles. The summed E-state index contributed by atoms with van der Waals surface area (Å²) in [5.74, 6) is 1.84. The summed E-state index contributed by atoms with van der Waals surface area (Å²) < 4.78 is 0. The lowest BCUT2D eigenvalue weighted by molar-refractivity contribution is -0.118. The highest BCUT2D eigenvalue weighted by molar-refractivity contribution is 5.74. The van der Waals surface area contributed by atoms with Gasteiger partial charge in [-0.1, -0.05) is 6.07 Å². The second kappa shape index (κ2) is 6.19. The Labute approximate surface area is 141 Å². The lowest BCUT2D eigenvalue weighted by Crippen LogP contribution is -2.24. The molecule has 2 N–H and O–H groups in total. The zero-order chi connectivity index (χ0) is 16.5. The highest BCUT2D eigenvalue weighted by atomic mass is 16.1. The summed E-state index contributed by atoms with van der Waals surface area (Å²) in [5, 5.41) is 0. The number of hydrogen-bond acceptors (Lipinski definition) is 5. The molecule has 1 aliphatic heterocycles. The molecule has 0 unspecified atom stereocenters. The number of aromatic nitrogens is 3. The molecule has 1 saturated heterocycles. The number of amides is 1. The summed E-state index contributed by atoms with van der Waals surface area (Å²) in [6.07, 6.45) is 6.37. The van der Waals surface area contributed by atoms with Crippen LogP contribution in [0.25, 0.3) is 11.5 Å². The van der Waals surface area contributed by atoms with Gasteiger partial charge in [0.1, 0.15) is 11.5 Å². The molecule has 0 radical (unpaired) electrons. The Bertz CT molecular complexity index is 762. The quantitative estimate of drug-likeness (QED) is 0.926. The summed E-state index contributed by atoms with van der Waals surface area (Å²) >= 11 is 0. The van der Waals surface area contributed by atoms with Crippen molar-refractivity contribution in [3.8, 4) is 11.5 Å². The molecule has 2 aromatic rings. The Morgan fingerprint density at radius 1 is 1.29 bits per heavy atom. The molecule has 3 heterocycles. The van der Waals surface area contributed by atoms with Gasteiger partial charge in [0.05, 0.1) is 0 Å². The monoisotopic (exact) mass is 323 g/mol. The predicted octanol–water partition coefficient (Wildman–Crippen LogP) is 1.73.